The Labute approximate surface area is 171 Å². The quantitative estimate of drug-likeness (QED) is 0.510. The van der Waals surface area contributed by atoms with E-state index >= 15 is 0 Å². The minimum atomic E-state index is -0.231. The molecule has 0 amide bonds. The monoisotopic (exact) mass is 381 g/mol. The van der Waals surface area contributed by atoms with Gasteiger partial charge in [-0.2, -0.15) is 0 Å². The van der Waals surface area contributed by atoms with Gasteiger partial charge in [0.1, 0.15) is 13.7 Å². The van der Waals surface area contributed by atoms with E-state index in [0.717, 1.165) is 27.8 Å². The van der Waals surface area contributed by atoms with Gasteiger partial charge in [-0.1, -0.05) is 66.1 Å². The molecule has 144 valence electrons. The molecule has 0 aliphatic rings. The Morgan fingerprint density at radius 3 is 2.00 bits per heavy atom. The molecule has 0 fully saturated rings. The summed E-state index contributed by atoms with van der Waals surface area (Å²) in [7, 11) is 6.03. The van der Waals surface area contributed by atoms with Gasteiger partial charge in [0.2, 0.25) is 0 Å². The minimum Gasteiger partial charge on any atom is -0.378 e. The highest BCUT2D eigenvalue weighted by Gasteiger charge is 2.21. The zero-order valence-corrected chi connectivity index (χ0v) is 17.3. The predicted octanol–water partition coefficient (Wildman–Crippen LogP) is 2.67. The first-order valence-corrected chi connectivity index (χ1v) is 9.78. The van der Waals surface area contributed by atoms with Crippen LogP contribution in [0.5, 0.6) is 0 Å². The molecular formula is C24H24BN3O. The number of benzene rings is 3. The van der Waals surface area contributed by atoms with Crippen LogP contribution in [-0.2, 0) is 0 Å². The van der Waals surface area contributed by atoms with E-state index in [9.17, 15) is 4.79 Å². The molecule has 0 saturated heterocycles. The molecule has 5 heteroatoms. The molecule has 4 aromatic rings. The van der Waals surface area contributed by atoms with Gasteiger partial charge >= 0.3 is 0 Å². The fourth-order valence-electron chi connectivity index (χ4n) is 4.00. The third-order valence-electron chi connectivity index (χ3n) is 5.36. The highest BCUT2D eigenvalue weighted by molar-refractivity contribution is 6.36. The lowest BCUT2D eigenvalue weighted by molar-refractivity contribution is 0.620. The molecule has 29 heavy (non-hydrogen) atoms. The van der Waals surface area contributed by atoms with Crippen molar-refractivity contribution in [3.05, 3.63) is 100 Å². The van der Waals surface area contributed by atoms with Crippen molar-refractivity contribution in [2.75, 3.05) is 19.0 Å². The Morgan fingerprint density at radius 1 is 0.931 bits per heavy atom. The molecule has 0 aliphatic carbocycles. The molecule has 0 N–H and O–H groups in total. The second kappa shape index (κ2) is 7.59. The molecule has 0 saturated carbocycles. The minimum absolute atomic E-state index is 0.0201. The molecule has 0 aliphatic heterocycles. The zero-order valence-electron chi connectivity index (χ0n) is 17.3. The molecule has 4 rings (SSSR count). The largest absolute Gasteiger partial charge is 0.378 e. The summed E-state index contributed by atoms with van der Waals surface area (Å²) < 4.78 is 1.82. The van der Waals surface area contributed by atoms with Crippen molar-refractivity contribution in [1.29, 1.82) is 0 Å². The van der Waals surface area contributed by atoms with Crippen LogP contribution in [0.1, 0.15) is 23.0 Å². The van der Waals surface area contributed by atoms with E-state index in [-0.39, 0.29) is 11.6 Å². The standard InChI is InChI=1S/C24H24BN3O/c1-16-26-21-15-20(25)22(27(2)3)14-19(21)24(29)28(16)23(17-10-6-4-7-11-17)18-12-8-5-9-13-18/h4-15,23H,25H2,1-3H3. The maximum absolute atomic E-state index is 13.7. The number of rotatable bonds is 4. The van der Waals surface area contributed by atoms with Crippen molar-refractivity contribution >= 4 is 29.9 Å². The van der Waals surface area contributed by atoms with Crippen molar-refractivity contribution in [1.82, 2.24) is 9.55 Å². The Kier molecular flexibility index (Phi) is 4.97. The van der Waals surface area contributed by atoms with E-state index in [1.165, 1.54) is 0 Å². The molecule has 0 spiro atoms. The van der Waals surface area contributed by atoms with Crippen LogP contribution >= 0.6 is 0 Å². The molecule has 0 radical (unpaired) electrons. The summed E-state index contributed by atoms with van der Waals surface area (Å²) in [4.78, 5) is 20.6. The first-order valence-electron chi connectivity index (χ1n) is 9.78. The number of hydrogen-bond acceptors (Lipinski definition) is 3. The van der Waals surface area contributed by atoms with Crippen molar-refractivity contribution < 1.29 is 0 Å². The number of aryl methyl sites for hydroxylation is 1. The molecule has 1 heterocycles. The topological polar surface area (TPSA) is 38.1 Å². The molecule has 0 bridgehead atoms. The third-order valence-corrected chi connectivity index (χ3v) is 5.36. The second-order valence-corrected chi connectivity index (χ2v) is 7.61. The highest BCUT2D eigenvalue weighted by Crippen LogP contribution is 2.27. The van der Waals surface area contributed by atoms with Crippen molar-refractivity contribution in [2.24, 2.45) is 0 Å². The number of fused-ring (bicyclic) bond motifs is 1. The smallest absolute Gasteiger partial charge is 0.262 e. The Bertz CT molecular complexity index is 1180. The molecule has 4 nitrogen and oxygen atoms in total. The van der Waals surface area contributed by atoms with Crippen LogP contribution < -0.4 is 15.9 Å². The normalized spacial score (nSPS) is 11.2. The van der Waals surface area contributed by atoms with E-state index in [2.05, 4.69) is 24.3 Å². The Morgan fingerprint density at radius 2 is 1.48 bits per heavy atom. The predicted molar refractivity (Wildman–Crippen MR) is 123 cm³/mol. The summed E-state index contributed by atoms with van der Waals surface area (Å²) >= 11 is 0. The average molecular weight is 381 g/mol. The number of aromatic nitrogens is 2. The van der Waals surface area contributed by atoms with Crippen LogP contribution in [0.2, 0.25) is 0 Å². The first kappa shape index (κ1) is 19.0. The Hall–Kier alpha value is -3.34. The van der Waals surface area contributed by atoms with Crippen molar-refractivity contribution in [3.8, 4) is 0 Å². The van der Waals surface area contributed by atoms with Gasteiger partial charge in [-0.3, -0.25) is 9.36 Å². The van der Waals surface area contributed by atoms with E-state index in [1.54, 1.807) is 0 Å². The van der Waals surface area contributed by atoms with Gasteiger partial charge in [0.15, 0.2) is 0 Å². The number of nitrogens with zero attached hydrogens (tertiary/aromatic N) is 3. The fourth-order valence-corrected chi connectivity index (χ4v) is 4.00. The molecule has 1 aromatic heterocycles. The van der Waals surface area contributed by atoms with Crippen LogP contribution in [-0.4, -0.2) is 31.5 Å². The van der Waals surface area contributed by atoms with Crippen LogP contribution in [0.3, 0.4) is 0 Å². The molecule has 0 atom stereocenters. The van der Waals surface area contributed by atoms with Gasteiger partial charge in [-0.15, -0.1) is 0 Å². The van der Waals surface area contributed by atoms with Crippen LogP contribution in [0.25, 0.3) is 10.9 Å². The summed E-state index contributed by atoms with van der Waals surface area (Å²) in [6, 6.07) is 24.0. The van der Waals surface area contributed by atoms with Crippen LogP contribution in [0.4, 0.5) is 5.69 Å². The fraction of sp³-hybridized carbons (Fsp3) is 0.167. The third kappa shape index (κ3) is 3.44. The maximum Gasteiger partial charge on any atom is 0.262 e. The lowest BCUT2D eigenvalue weighted by Gasteiger charge is -2.24. The van der Waals surface area contributed by atoms with Gasteiger partial charge < -0.3 is 4.90 Å². The maximum atomic E-state index is 13.7. The van der Waals surface area contributed by atoms with Crippen LogP contribution in [0, 0.1) is 6.92 Å². The number of anilines is 1. The van der Waals surface area contributed by atoms with E-state index in [1.807, 2.05) is 86.9 Å². The summed E-state index contributed by atoms with van der Waals surface area (Å²) in [5, 5.41) is 0.641. The summed E-state index contributed by atoms with van der Waals surface area (Å²) in [6.07, 6.45) is 0. The molecule has 0 unspecified atom stereocenters. The van der Waals surface area contributed by atoms with Crippen molar-refractivity contribution in [3.63, 3.8) is 0 Å². The van der Waals surface area contributed by atoms with Gasteiger partial charge in [0.05, 0.1) is 16.9 Å². The molecule has 3 aromatic carbocycles. The summed E-state index contributed by atoms with van der Waals surface area (Å²) in [6.45, 7) is 1.91. The average Bonchev–Trinajstić information content (AvgIpc) is 2.71. The van der Waals surface area contributed by atoms with Crippen LogP contribution in [0.15, 0.2) is 77.6 Å². The SMILES string of the molecule is Bc1cc2nc(C)n(C(c3ccccc3)c3ccccc3)c(=O)c2cc1N(C)C. The number of hydrogen-bond donors (Lipinski definition) is 0. The highest BCUT2D eigenvalue weighted by atomic mass is 16.1. The lowest BCUT2D eigenvalue weighted by Crippen LogP contribution is -2.30. The van der Waals surface area contributed by atoms with Gasteiger partial charge in [0.25, 0.3) is 5.56 Å². The lowest BCUT2D eigenvalue weighted by atomic mass is 9.92. The van der Waals surface area contributed by atoms with E-state index in [4.69, 9.17) is 4.98 Å². The van der Waals surface area contributed by atoms with E-state index in [0.29, 0.717) is 11.2 Å². The first-order chi connectivity index (χ1) is 14.0. The van der Waals surface area contributed by atoms with Gasteiger partial charge in [0, 0.05) is 19.8 Å². The summed E-state index contributed by atoms with van der Waals surface area (Å²) in [5.74, 6) is 0.706. The summed E-state index contributed by atoms with van der Waals surface area (Å²) in [5.41, 5.74) is 4.98. The van der Waals surface area contributed by atoms with Gasteiger partial charge in [-0.05, 0) is 30.2 Å². The Balaban J connectivity index is 2.04. The van der Waals surface area contributed by atoms with Gasteiger partial charge in [-0.25, -0.2) is 4.98 Å². The van der Waals surface area contributed by atoms with Crippen molar-refractivity contribution in [2.45, 2.75) is 13.0 Å². The zero-order chi connectivity index (χ0) is 20.5. The van der Waals surface area contributed by atoms with E-state index < -0.39 is 0 Å². The second-order valence-electron chi connectivity index (χ2n) is 7.61. The molecular weight excluding hydrogens is 357 g/mol.